The van der Waals surface area contributed by atoms with Crippen molar-refractivity contribution in [2.45, 2.75) is 6.42 Å². The lowest BCUT2D eigenvalue weighted by Crippen LogP contribution is -2.27. The molecule has 0 saturated carbocycles. The van der Waals surface area contributed by atoms with Crippen molar-refractivity contribution >= 4 is 15.9 Å². The van der Waals surface area contributed by atoms with Crippen molar-refractivity contribution in [1.82, 2.24) is 4.90 Å². The van der Waals surface area contributed by atoms with Crippen molar-refractivity contribution in [1.29, 1.82) is 0 Å². The van der Waals surface area contributed by atoms with Gasteiger partial charge in [-0.25, -0.2) is 0 Å². The SMILES string of the molecule is CN(CCN)CCc1ccc(Br)cc1. The second-order valence-corrected chi connectivity index (χ2v) is 4.38. The summed E-state index contributed by atoms with van der Waals surface area (Å²) in [5.41, 5.74) is 6.84. The summed E-state index contributed by atoms with van der Waals surface area (Å²) in [5, 5.41) is 0. The molecule has 3 heteroatoms. The molecule has 0 bridgehead atoms. The van der Waals surface area contributed by atoms with Crippen LogP contribution in [0.2, 0.25) is 0 Å². The summed E-state index contributed by atoms with van der Waals surface area (Å²) in [6.45, 7) is 2.77. The Morgan fingerprint density at radius 2 is 1.86 bits per heavy atom. The smallest absolute Gasteiger partial charge is 0.0175 e. The van der Waals surface area contributed by atoms with Crippen molar-refractivity contribution in [3.8, 4) is 0 Å². The van der Waals surface area contributed by atoms with E-state index in [0.717, 1.165) is 30.5 Å². The van der Waals surface area contributed by atoms with E-state index in [0.29, 0.717) is 0 Å². The molecular formula is C11H17BrN2. The maximum Gasteiger partial charge on any atom is 0.0175 e. The number of nitrogens with two attached hydrogens (primary N) is 1. The normalized spacial score (nSPS) is 10.9. The molecule has 78 valence electrons. The lowest BCUT2D eigenvalue weighted by molar-refractivity contribution is 0.348. The molecule has 0 radical (unpaired) electrons. The average Bonchev–Trinajstić information content (AvgIpc) is 2.17. The van der Waals surface area contributed by atoms with Crippen LogP contribution >= 0.6 is 15.9 Å². The molecule has 14 heavy (non-hydrogen) atoms. The minimum Gasteiger partial charge on any atom is -0.329 e. The van der Waals surface area contributed by atoms with Crippen molar-refractivity contribution < 1.29 is 0 Å². The number of benzene rings is 1. The molecule has 0 amide bonds. The number of rotatable bonds is 5. The molecule has 2 nitrogen and oxygen atoms in total. The standard InChI is InChI=1S/C11H17BrN2/c1-14(9-7-13)8-6-10-2-4-11(12)5-3-10/h2-5H,6-9,13H2,1H3. The highest BCUT2D eigenvalue weighted by atomic mass is 79.9. The van der Waals surface area contributed by atoms with Gasteiger partial charge in [-0.05, 0) is 31.2 Å². The topological polar surface area (TPSA) is 29.3 Å². The highest BCUT2D eigenvalue weighted by Gasteiger charge is 1.97. The van der Waals surface area contributed by atoms with Gasteiger partial charge in [-0.3, -0.25) is 0 Å². The van der Waals surface area contributed by atoms with E-state index in [1.54, 1.807) is 0 Å². The molecule has 0 aliphatic carbocycles. The largest absolute Gasteiger partial charge is 0.329 e. The molecule has 0 aromatic heterocycles. The first kappa shape index (κ1) is 11.7. The molecule has 0 unspecified atom stereocenters. The first-order chi connectivity index (χ1) is 6.72. The molecule has 0 aliphatic rings. The van der Waals surface area contributed by atoms with Crippen LogP contribution in [-0.2, 0) is 6.42 Å². The number of hydrogen-bond donors (Lipinski definition) is 1. The van der Waals surface area contributed by atoms with E-state index < -0.39 is 0 Å². The zero-order chi connectivity index (χ0) is 10.4. The van der Waals surface area contributed by atoms with E-state index in [1.807, 2.05) is 0 Å². The zero-order valence-electron chi connectivity index (χ0n) is 8.54. The Hall–Kier alpha value is -0.380. The minimum absolute atomic E-state index is 0.733. The minimum atomic E-state index is 0.733. The van der Waals surface area contributed by atoms with Crippen molar-refractivity contribution in [2.24, 2.45) is 5.73 Å². The average molecular weight is 257 g/mol. The second kappa shape index (κ2) is 6.17. The van der Waals surface area contributed by atoms with Crippen LogP contribution in [0.4, 0.5) is 0 Å². The van der Waals surface area contributed by atoms with Crippen molar-refractivity contribution in [2.75, 3.05) is 26.7 Å². The molecule has 1 aromatic rings. The molecule has 0 saturated heterocycles. The fourth-order valence-electron chi connectivity index (χ4n) is 1.30. The third-order valence-electron chi connectivity index (χ3n) is 2.21. The van der Waals surface area contributed by atoms with Crippen molar-refractivity contribution in [3.05, 3.63) is 34.3 Å². The molecular weight excluding hydrogens is 240 g/mol. The molecule has 1 aromatic carbocycles. The third-order valence-corrected chi connectivity index (χ3v) is 2.73. The first-order valence-electron chi connectivity index (χ1n) is 4.85. The second-order valence-electron chi connectivity index (χ2n) is 3.47. The van der Waals surface area contributed by atoms with E-state index in [4.69, 9.17) is 5.73 Å². The Bertz CT molecular complexity index is 258. The van der Waals surface area contributed by atoms with Gasteiger partial charge in [-0.2, -0.15) is 0 Å². The molecule has 1 rings (SSSR count). The quantitative estimate of drug-likeness (QED) is 0.872. The van der Waals surface area contributed by atoms with Gasteiger partial charge in [0.05, 0.1) is 0 Å². The Balaban J connectivity index is 2.34. The summed E-state index contributed by atoms with van der Waals surface area (Å²) < 4.78 is 1.14. The van der Waals surface area contributed by atoms with Crippen LogP contribution < -0.4 is 5.73 Å². The Kier molecular flexibility index (Phi) is 5.15. The van der Waals surface area contributed by atoms with Gasteiger partial charge in [0.15, 0.2) is 0 Å². The number of nitrogens with zero attached hydrogens (tertiary/aromatic N) is 1. The summed E-state index contributed by atoms with van der Waals surface area (Å²) in [4.78, 5) is 2.25. The van der Waals surface area contributed by atoms with E-state index >= 15 is 0 Å². The molecule has 0 fully saturated rings. The maximum absolute atomic E-state index is 5.47. The highest BCUT2D eigenvalue weighted by Crippen LogP contribution is 2.10. The van der Waals surface area contributed by atoms with Crippen LogP contribution in [0.5, 0.6) is 0 Å². The van der Waals surface area contributed by atoms with E-state index in [-0.39, 0.29) is 0 Å². The van der Waals surface area contributed by atoms with E-state index in [9.17, 15) is 0 Å². The summed E-state index contributed by atoms with van der Waals surface area (Å²) in [5.74, 6) is 0. The van der Waals surface area contributed by atoms with Crippen LogP contribution in [0, 0.1) is 0 Å². The summed E-state index contributed by atoms with van der Waals surface area (Å²) in [6, 6.07) is 8.47. The monoisotopic (exact) mass is 256 g/mol. The number of hydrogen-bond acceptors (Lipinski definition) is 2. The fourth-order valence-corrected chi connectivity index (χ4v) is 1.57. The van der Waals surface area contributed by atoms with Gasteiger partial charge in [0, 0.05) is 24.1 Å². The molecule has 2 N–H and O–H groups in total. The van der Waals surface area contributed by atoms with Gasteiger partial charge in [-0.15, -0.1) is 0 Å². The molecule has 0 atom stereocenters. The summed E-state index contributed by atoms with van der Waals surface area (Å²) >= 11 is 3.42. The lowest BCUT2D eigenvalue weighted by Gasteiger charge is -2.14. The number of halogens is 1. The van der Waals surface area contributed by atoms with Gasteiger partial charge in [0.1, 0.15) is 0 Å². The number of likely N-dealkylation sites (N-methyl/N-ethyl adjacent to an activating group) is 1. The van der Waals surface area contributed by atoms with Gasteiger partial charge < -0.3 is 10.6 Å². The lowest BCUT2D eigenvalue weighted by atomic mass is 10.1. The van der Waals surface area contributed by atoms with E-state index in [1.165, 1.54) is 5.56 Å². The van der Waals surface area contributed by atoms with Crippen molar-refractivity contribution in [3.63, 3.8) is 0 Å². The highest BCUT2D eigenvalue weighted by molar-refractivity contribution is 9.10. The Labute approximate surface area is 94.2 Å². The summed E-state index contributed by atoms with van der Waals surface area (Å²) in [7, 11) is 2.10. The predicted molar refractivity (Wildman–Crippen MR) is 64.4 cm³/mol. The Morgan fingerprint density at radius 1 is 1.21 bits per heavy atom. The molecule has 0 aliphatic heterocycles. The molecule has 0 heterocycles. The summed E-state index contributed by atoms with van der Waals surface area (Å²) in [6.07, 6.45) is 1.09. The zero-order valence-corrected chi connectivity index (χ0v) is 10.1. The third kappa shape index (κ3) is 4.22. The van der Waals surface area contributed by atoms with Crippen LogP contribution in [0.25, 0.3) is 0 Å². The first-order valence-corrected chi connectivity index (χ1v) is 5.64. The predicted octanol–water partition coefficient (Wildman–Crippen LogP) is 1.88. The van der Waals surface area contributed by atoms with E-state index in [2.05, 4.69) is 52.1 Å². The van der Waals surface area contributed by atoms with Gasteiger partial charge in [0.2, 0.25) is 0 Å². The van der Waals surface area contributed by atoms with Crippen LogP contribution in [0.1, 0.15) is 5.56 Å². The van der Waals surface area contributed by atoms with Crippen LogP contribution in [0.3, 0.4) is 0 Å². The Morgan fingerprint density at radius 3 is 2.43 bits per heavy atom. The van der Waals surface area contributed by atoms with Gasteiger partial charge in [0.25, 0.3) is 0 Å². The van der Waals surface area contributed by atoms with Crippen LogP contribution in [-0.4, -0.2) is 31.6 Å². The molecule has 0 spiro atoms. The van der Waals surface area contributed by atoms with Gasteiger partial charge >= 0.3 is 0 Å². The van der Waals surface area contributed by atoms with Crippen LogP contribution in [0.15, 0.2) is 28.7 Å². The van der Waals surface area contributed by atoms with Gasteiger partial charge in [-0.1, -0.05) is 28.1 Å². The fraction of sp³-hybridized carbons (Fsp3) is 0.455. The maximum atomic E-state index is 5.47.